The summed E-state index contributed by atoms with van der Waals surface area (Å²) in [5, 5.41) is 6.25. The molecule has 3 heterocycles. The van der Waals surface area contributed by atoms with Crippen LogP contribution in [0.5, 0.6) is 0 Å². The molecule has 2 amide bonds. The van der Waals surface area contributed by atoms with E-state index in [1.165, 1.54) is 12.7 Å². The van der Waals surface area contributed by atoms with Crippen LogP contribution >= 0.6 is 24.0 Å². The molecule has 0 radical (unpaired) electrons. The van der Waals surface area contributed by atoms with Gasteiger partial charge in [0, 0.05) is 64.5 Å². The molecule has 33 heavy (non-hydrogen) atoms. The van der Waals surface area contributed by atoms with Crippen LogP contribution in [0, 0.1) is 6.92 Å². The van der Waals surface area contributed by atoms with Crippen LogP contribution in [0.2, 0.25) is 0 Å². The zero-order valence-corrected chi connectivity index (χ0v) is 22.3. The van der Waals surface area contributed by atoms with Crippen molar-refractivity contribution in [1.29, 1.82) is 0 Å². The third-order valence-corrected chi connectivity index (χ3v) is 6.02. The van der Waals surface area contributed by atoms with Crippen molar-refractivity contribution < 1.29 is 14.0 Å². The summed E-state index contributed by atoms with van der Waals surface area (Å²) in [6, 6.07) is 1.78. The number of halogens is 1. The summed E-state index contributed by atoms with van der Waals surface area (Å²) in [5.41, 5.74) is 0.840. The molecule has 186 valence electrons. The number of furan rings is 1. The first-order valence-electron chi connectivity index (χ1n) is 11.9. The predicted molar refractivity (Wildman–Crippen MR) is 140 cm³/mol. The van der Waals surface area contributed by atoms with Crippen LogP contribution in [0.1, 0.15) is 48.7 Å². The molecule has 9 nitrogen and oxygen atoms in total. The Labute approximate surface area is 214 Å². The van der Waals surface area contributed by atoms with Gasteiger partial charge in [-0.1, -0.05) is 0 Å². The fourth-order valence-corrected chi connectivity index (χ4v) is 4.13. The Morgan fingerprint density at radius 3 is 2.39 bits per heavy atom. The lowest BCUT2D eigenvalue weighted by Gasteiger charge is -2.37. The summed E-state index contributed by atoms with van der Waals surface area (Å²) >= 11 is 0. The molecular weight excluding hydrogens is 535 g/mol. The molecular formula is C23H39IN6O3. The van der Waals surface area contributed by atoms with Gasteiger partial charge >= 0.3 is 0 Å². The number of aryl methyl sites for hydroxylation is 1. The molecule has 2 aliphatic heterocycles. The minimum Gasteiger partial charge on any atom is -0.459 e. The number of guanidine groups is 1. The number of hydrogen-bond acceptors (Lipinski definition) is 5. The summed E-state index contributed by atoms with van der Waals surface area (Å²) < 4.78 is 5.22. The fraction of sp³-hybridized carbons (Fsp3) is 0.696. The number of hydrogen-bond donors (Lipinski definition) is 2. The molecule has 0 spiro atoms. The van der Waals surface area contributed by atoms with E-state index in [2.05, 4.69) is 27.4 Å². The van der Waals surface area contributed by atoms with Gasteiger partial charge in [-0.25, -0.2) is 0 Å². The van der Waals surface area contributed by atoms with Gasteiger partial charge in [-0.2, -0.15) is 0 Å². The number of nitrogens with zero attached hydrogens (tertiary/aromatic N) is 4. The first kappa shape index (κ1) is 27.4. The SMILES string of the molecule is CCNC(=NCCCNC(=O)c1occc1C)N1CCN(CC(=O)N2CCCCC2)CC1.I. The normalized spacial score (nSPS) is 17.5. The molecule has 2 fully saturated rings. The van der Waals surface area contributed by atoms with E-state index in [1.807, 2.05) is 11.8 Å². The van der Waals surface area contributed by atoms with Crippen molar-refractivity contribution in [2.45, 2.75) is 39.5 Å². The number of aliphatic imine (C=N–C) groups is 1. The standard InChI is InChI=1S/C23H38N6O3.HI/c1-3-24-23(26-10-7-9-25-22(31)21-19(2)8-17-32-21)29-15-13-27(14-16-29)18-20(30)28-11-5-4-6-12-28;/h8,17H,3-7,9-16,18H2,1-2H3,(H,24,26)(H,25,31);1H. The zero-order chi connectivity index (χ0) is 22.8. The first-order valence-corrected chi connectivity index (χ1v) is 11.9. The highest BCUT2D eigenvalue weighted by Gasteiger charge is 2.24. The van der Waals surface area contributed by atoms with E-state index in [1.54, 1.807) is 6.07 Å². The van der Waals surface area contributed by atoms with Crippen molar-refractivity contribution in [2.75, 3.05) is 65.4 Å². The van der Waals surface area contributed by atoms with Crippen LogP contribution in [-0.2, 0) is 4.79 Å². The van der Waals surface area contributed by atoms with E-state index in [0.717, 1.165) is 76.6 Å². The van der Waals surface area contributed by atoms with Crippen molar-refractivity contribution >= 4 is 41.8 Å². The van der Waals surface area contributed by atoms with Crippen LogP contribution in [-0.4, -0.2) is 97.9 Å². The summed E-state index contributed by atoms with van der Waals surface area (Å²) in [6.45, 7) is 11.7. The summed E-state index contributed by atoms with van der Waals surface area (Å²) in [4.78, 5) is 35.9. The second kappa shape index (κ2) is 14.4. The number of piperazine rings is 1. The maximum Gasteiger partial charge on any atom is 0.287 e. The monoisotopic (exact) mass is 574 g/mol. The molecule has 10 heteroatoms. The van der Waals surface area contributed by atoms with Gasteiger partial charge in [0.05, 0.1) is 12.8 Å². The van der Waals surface area contributed by atoms with E-state index in [4.69, 9.17) is 9.41 Å². The highest BCUT2D eigenvalue weighted by Crippen LogP contribution is 2.11. The van der Waals surface area contributed by atoms with Gasteiger partial charge in [-0.15, -0.1) is 24.0 Å². The topological polar surface area (TPSA) is 93.4 Å². The van der Waals surface area contributed by atoms with Crippen molar-refractivity contribution in [2.24, 2.45) is 4.99 Å². The fourth-order valence-electron chi connectivity index (χ4n) is 4.13. The summed E-state index contributed by atoms with van der Waals surface area (Å²) in [6.07, 6.45) is 5.79. The lowest BCUT2D eigenvalue weighted by molar-refractivity contribution is -0.133. The quantitative estimate of drug-likeness (QED) is 0.214. The third-order valence-electron chi connectivity index (χ3n) is 6.02. The Bertz CT molecular complexity index is 770. The number of piperidine rings is 1. The molecule has 0 saturated carbocycles. The Hall–Kier alpha value is -1.82. The van der Waals surface area contributed by atoms with Crippen molar-refractivity contribution in [1.82, 2.24) is 25.3 Å². The second-order valence-electron chi connectivity index (χ2n) is 8.48. The predicted octanol–water partition coefficient (Wildman–Crippen LogP) is 1.92. The molecule has 0 atom stereocenters. The summed E-state index contributed by atoms with van der Waals surface area (Å²) in [7, 11) is 0. The van der Waals surface area contributed by atoms with Crippen LogP contribution in [0.4, 0.5) is 0 Å². The molecule has 0 aliphatic carbocycles. The molecule has 0 bridgehead atoms. The molecule has 3 rings (SSSR count). The lowest BCUT2D eigenvalue weighted by Crippen LogP contribution is -2.54. The maximum atomic E-state index is 12.5. The smallest absolute Gasteiger partial charge is 0.287 e. The van der Waals surface area contributed by atoms with E-state index in [9.17, 15) is 9.59 Å². The molecule has 0 aromatic carbocycles. The molecule has 1 aromatic rings. The number of likely N-dealkylation sites (tertiary alicyclic amines) is 1. The zero-order valence-electron chi connectivity index (χ0n) is 20.0. The van der Waals surface area contributed by atoms with Crippen LogP contribution in [0.3, 0.4) is 0 Å². The number of amides is 2. The average Bonchev–Trinajstić information content (AvgIpc) is 3.25. The highest BCUT2D eigenvalue weighted by molar-refractivity contribution is 14.0. The largest absolute Gasteiger partial charge is 0.459 e. The van der Waals surface area contributed by atoms with E-state index < -0.39 is 0 Å². The molecule has 0 unspecified atom stereocenters. The van der Waals surface area contributed by atoms with Crippen molar-refractivity contribution in [3.8, 4) is 0 Å². The Balaban J connectivity index is 0.00000385. The third kappa shape index (κ3) is 8.47. The van der Waals surface area contributed by atoms with E-state index in [0.29, 0.717) is 25.4 Å². The number of nitrogens with one attached hydrogen (secondary N) is 2. The summed E-state index contributed by atoms with van der Waals surface area (Å²) in [5.74, 6) is 1.37. The van der Waals surface area contributed by atoms with Gasteiger partial charge < -0.3 is 24.9 Å². The van der Waals surface area contributed by atoms with Crippen LogP contribution in [0.25, 0.3) is 0 Å². The Morgan fingerprint density at radius 1 is 1.03 bits per heavy atom. The van der Waals surface area contributed by atoms with Gasteiger partial charge in [0.2, 0.25) is 5.91 Å². The molecule has 2 saturated heterocycles. The Kier molecular flexibility index (Phi) is 12.0. The minimum absolute atomic E-state index is 0. The van der Waals surface area contributed by atoms with Crippen molar-refractivity contribution in [3.05, 3.63) is 23.7 Å². The highest BCUT2D eigenvalue weighted by atomic mass is 127. The minimum atomic E-state index is -0.182. The van der Waals surface area contributed by atoms with Gasteiger partial charge in [0.15, 0.2) is 11.7 Å². The van der Waals surface area contributed by atoms with Crippen LogP contribution in [0.15, 0.2) is 21.7 Å². The van der Waals surface area contributed by atoms with E-state index >= 15 is 0 Å². The average molecular weight is 575 g/mol. The van der Waals surface area contributed by atoms with E-state index in [-0.39, 0.29) is 35.8 Å². The molecule has 1 aromatic heterocycles. The Morgan fingerprint density at radius 2 is 1.76 bits per heavy atom. The first-order chi connectivity index (χ1) is 15.6. The van der Waals surface area contributed by atoms with Gasteiger partial charge in [0.25, 0.3) is 5.91 Å². The van der Waals surface area contributed by atoms with Gasteiger partial charge in [-0.05, 0) is 45.6 Å². The number of carbonyl (C=O) groups is 2. The van der Waals surface area contributed by atoms with Crippen LogP contribution < -0.4 is 10.6 Å². The molecule has 2 aliphatic rings. The van der Waals surface area contributed by atoms with Gasteiger partial charge in [0.1, 0.15) is 0 Å². The van der Waals surface area contributed by atoms with Gasteiger partial charge in [-0.3, -0.25) is 19.5 Å². The number of carbonyl (C=O) groups excluding carboxylic acids is 2. The maximum absolute atomic E-state index is 12.5. The van der Waals surface area contributed by atoms with Crippen molar-refractivity contribution in [3.63, 3.8) is 0 Å². The second-order valence-corrected chi connectivity index (χ2v) is 8.48. The molecule has 2 N–H and O–H groups in total. The number of rotatable bonds is 8. The lowest BCUT2D eigenvalue weighted by atomic mass is 10.1.